The minimum atomic E-state index is -0.950. The van der Waals surface area contributed by atoms with E-state index in [1.165, 1.54) is 31.4 Å². The first kappa shape index (κ1) is 22.9. The van der Waals surface area contributed by atoms with Crippen LogP contribution in [0.2, 0.25) is 0 Å². The summed E-state index contributed by atoms with van der Waals surface area (Å²) < 4.78 is 0. The van der Waals surface area contributed by atoms with Gasteiger partial charge in [0.2, 0.25) is 11.8 Å². The third kappa shape index (κ3) is 5.56. The Labute approximate surface area is 172 Å². The van der Waals surface area contributed by atoms with E-state index in [0.717, 1.165) is 0 Å². The van der Waals surface area contributed by atoms with Crippen molar-refractivity contribution in [3.05, 3.63) is 0 Å². The Kier molecular flexibility index (Phi) is 8.48. The number of carboxylic acid groups (broad SMARTS) is 2. The number of hydrogen-bond donors (Lipinski definition) is 2. The van der Waals surface area contributed by atoms with Crippen molar-refractivity contribution in [3.8, 4) is 0 Å². The molecule has 158 valence electrons. The fraction of sp³-hybridized carbons (Fsp3) is 0.778. The first-order valence-corrected chi connectivity index (χ1v) is 12.0. The number of likely N-dealkylation sites (tertiary alicyclic amines) is 2. The standard InChI is InChI=1S/C18H28N2O6S2/c1-11(15(21)19-7-3-5-13(19)17(23)24)9-27-28-10-12(2)16(22)20-8-4-6-14(20)18(25)26/h11-14H,3-10H2,1-2H3,(H,23,24)(H,25,26)/t11?,12?,13-,14+. The molecule has 2 amide bonds. The van der Waals surface area contributed by atoms with Gasteiger partial charge >= 0.3 is 11.9 Å². The van der Waals surface area contributed by atoms with Crippen LogP contribution >= 0.6 is 21.6 Å². The molecule has 0 radical (unpaired) electrons. The molecular weight excluding hydrogens is 404 g/mol. The zero-order valence-corrected chi connectivity index (χ0v) is 17.8. The molecule has 0 aromatic carbocycles. The van der Waals surface area contributed by atoms with Gasteiger partial charge in [-0.25, -0.2) is 9.59 Å². The highest BCUT2D eigenvalue weighted by atomic mass is 33.1. The lowest BCUT2D eigenvalue weighted by Crippen LogP contribution is -2.43. The van der Waals surface area contributed by atoms with Crippen LogP contribution in [0.25, 0.3) is 0 Å². The normalized spacial score (nSPS) is 24.2. The second kappa shape index (κ2) is 10.4. The van der Waals surface area contributed by atoms with Crippen LogP contribution in [0.5, 0.6) is 0 Å². The molecule has 2 heterocycles. The summed E-state index contributed by atoms with van der Waals surface area (Å²) in [6.45, 7) is 4.57. The van der Waals surface area contributed by atoms with E-state index < -0.39 is 24.0 Å². The van der Waals surface area contributed by atoms with Crippen LogP contribution in [0.4, 0.5) is 0 Å². The highest BCUT2D eigenvalue weighted by Crippen LogP contribution is 2.30. The lowest BCUT2D eigenvalue weighted by Gasteiger charge is -2.25. The first-order chi connectivity index (χ1) is 13.2. The molecule has 0 aromatic rings. The molecule has 2 saturated heterocycles. The monoisotopic (exact) mass is 432 g/mol. The van der Waals surface area contributed by atoms with Crippen molar-refractivity contribution in [1.82, 2.24) is 9.80 Å². The van der Waals surface area contributed by atoms with Crippen molar-refractivity contribution in [2.24, 2.45) is 11.8 Å². The summed E-state index contributed by atoms with van der Waals surface area (Å²) in [6.07, 6.45) is 2.43. The Hall–Kier alpha value is -1.42. The Balaban J connectivity index is 1.73. The summed E-state index contributed by atoms with van der Waals surface area (Å²) in [6, 6.07) is -1.43. The fourth-order valence-corrected chi connectivity index (χ4v) is 6.27. The quantitative estimate of drug-likeness (QED) is 0.419. The number of carbonyl (C=O) groups excluding carboxylic acids is 2. The van der Waals surface area contributed by atoms with Crippen molar-refractivity contribution in [3.63, 3.8) is 0 Å². The van der Waals surface area contributed by atoms with Gasteiger partial charge < -0.3 is 20.0 Å². The van der Waals surface area contributed by atoms with Crippen molar-refractivity contribution >= 4 is 45.3 Å². The molecule has 10 heteroatoms. The maximum atomic E-state index is 12.5. The van der Waals surface area contributed by atoms with E-state index >= 15 is 0 Å². The number of rotatable bonds is 9. The SMILES string of the molecule is CC(CSSCC(C)C(=O)N1CCC[C@H]1C(=O)O)C(=O)N1CCC[C@@H]1C(=O)O. The first-order valence-electron chi connectivity index (χ1n) is 9.55. The molecule has 0 spiro atoms. The molecule has 4 atom stereocenters. The highest BCUT2D eigenvalue weighted by Gasteiger charge is 2.37. The number of carboxylic acids is 2. The third-order valence-corrected chi connectivity index (χ3v) is 7.96. The van der Waals surface area contributed by atoms with Gasteiger partial charge in [0.15, 0.2) is 0 Å². The number of aliphatic carboxylic acids is 2. The van der Waals surface area contributed by atoms with Gasteiger partial charge in [-0.05, 0) is 25.7 Å². The van der Waals surface area contributed by atoms with Gasteiger partial charge in [-0.15, -0.1) is 0 Å². The average molecular weight is 433 g/mol. The molecule has 0 aliphatic carbocycles. The molecule has 2 rings (SSSR count). The largest absolute Gasteiger partial charge is 0.480 e. The Morgan fingerprint density at radius 2 is 1.18 bits per heavy atom. The van der Waals surface area contributed by atoms with Crippen LogP contribution in [-0.2, 0) is 19.2 Å². The average Bonchev–Trinajstić information content (AvgIpc) is 3.32. The third-order valence-electron chi connectivity index (χ3n) is 5.20. The van der Waals surface area contributed by atoms with Crippen molar-refractivity contribution in [2.45, 2.75) is 51.6 Å². The van der Waals surface area contributed by atoms with E-state index in [1.54, 1.807) is 13.8 Å². The van der Waals surface area contributed by atoms with Crippen molar-refractivity contribution in [2.75, 3.05) is 24.6 Å². The second-order valence-electron chi connectivity index (χ2n) is 7.43. The van der Waals surface area contributed by atoms with Crippen molar-refractivity contribution < 1.29 is 29.4 Å². The minimum Gasteiger partial charge on any atom is -0.480 e. The van der Waals surface area contributed by atoms with Gasteiger partial charge in [-0.3, -0.25) is 9.59 Å². The smallest absolute Gasteiger partial charge is 0.326 e. The van der Waals surface area contributed by atoms with Gasteiger partial charge in [-0.1, -0.05) is 35.4 Å². The van der Waals surface area contributed by atoms with E-state index in [0.29, 0.717) is 50.3 Å². The van der Waals surface area contributed by atoms with E-state index in [1.807, 2.05) is 0 Å². The van der Waals surface area contributed by atoms with Gasteiger partial charge in [0.25, 0.3) is 0 Å². The molecule has 2 unspecified atom stereocenters. The summed E-state index contributed by atoms with van der Waals surface area (Å²) in [5, 5.41) is 18.4. The van der Waals surface area contributed by atoms with Crippen LogP contribution in [-0.4, -0.2) is 80.4 Å². The molecule has 0 bridgehead atoms. The van der Waals surface area contributed by atoms with Crippen LogP contribution in [0, 0.1) is 11.8 Å². The zero-order chi connectivity index (χ0) is 20.8. The molecule has 2 aliphatic heterocycles. The lowest BCUT2D eigenvalue weighted by atomic mass is 10.1. The Morgan fingerprint density at radius 3 is 1.50 bits per heavy atom. The van der Waals surface area contributed by atoms with Crippen LogP contribution in [0.1, 0.15) is 39.5 Å². The molecule has 8 nitrogen and oxygen atoms in total. The minimum absolute atomic E-state index is 0.136. The van der Waals surface area contributed by atoms with E-state index in [2.05, 4.69) is 0 Å². The topological polar surface area (TPSA) is 115 Å². The van der Waals surface area contributed by atoms with Crippen LogP contribution in [0.15, 0.2) is 0 Å². The van der Waals surface area contributed by atoms with Crippen LogP contribution in [0.3, 0.4) is 0 Å². The fourth-order valence-electron chi connectivity index (χ4n) is 3.58. The number of amides is 2. The summed E-state index contributed by atoms with van der Waals surface area (Å²) in [7, 11) is 2.98. The predicted octanol–water partition coefficient (Wildman–Crippen LogP) is 1.79. The van der Waals surface area contributed by atoms with Gasteiger partial charge in [0.05, 0.1) is 0 Å². The molecular formula is C18H28N2O6S2. The number of hydrogen-bond acceptors (Lipinski definition) is 6. The Morgan fingerprint density at radius 1 is 0.821 bits per heavy atom. The second-order valence-corrected chi connectivity index (χ2v) is 9.98. The summed E-state index contributed by atoms with van der Waals surface area (Å²) in [5.74, 6) is -1.68. The van der Waals surface area contributed by atoms with Gasteiger partial charge in [0.1, 0.15) is 12.1 Å². The Bertz CT molecular complexity index is 565. The zero-order valence-electron chi connectivity index (χ0n) is 16.2. The van der Waals surface area contributed by atoms with E-state index in [9.17, 15) is 29.4 Å². The molecule has 2 fully saturated rings. The molecule has 2 aliphatic rings. The molecule has 28 heavy (non-hydrogen) atoms. The summed E-state index contributed by atoms with van der Waals surface area (Å²) >= 11 is 0. The van der Waals surface area contributed by atoms with Gasteiger partial charge in [-0.2, -0.15) is 0 Å². The molecule has 2 N–H and O–H groups in total. The molecule has 0 saturated carbocycles. The van der Waals surface area contributed by atoms with Gasteiger partial charge in [0, 0.05) is 36.4 Å². The van der Waals surface area contributed by atoms with Crippen molar-refractivity contribution in [1.29, 1.82) is 0 Å². The predicted molar refractivity (Wildman–Crippen MR) is 108 cm³/mol. The summed E-state index contributed by atoms with van der Waals surface area (Å²) in [4.78, 5) is 50.4. The molecule has 0 aromatic heterocycles. The van der Waals surface area contributed by atoms with E-state index in [4.69, 9.17) is 0 Å². The summed E-state index contributed by atoms with van der Waals surface area (Å²) in [5.41, 5.74) is 0. The lowest BCUT2D eigenvalue weighted by molar-refractivity contribution is -0.149. The van der Waals surface area contributed by atoms with E-state index in [-0.39, 0.29) is 23.7 Å². The highest BCUT2D eigenvalue weighted by molar-refractivity contribution is 8.76. The maximum Gasteiger partial charge on any atom is 0.326 e. The number of carbonyl (C=O) groups is 4. The number of nitrogens with zero attached hydrogens (tertiary/aromatic N) is 2. The maximum absolute atomic E-state index is 12.5. The van der Waals surface area contributed by atoms with Crippen LogP contribution < -0.4 is 0 Å².